The quantitative estimate of drug-likeness (QED) is 0.233. The summed E-state index contributed by atoms with van der Waals surface area (Å²) in [5.41, 5.74) is 1.93. The van der Waals surface area contributed by atoms with Crippen molar-refractivity contribution >= 4 is 39.2 Å². The maximum Gasteiger partial charge on any atom is 0.263 e. The van der Waals surface area contributed by atoms with E-state index in [9.17, 15) is 13.2 Å². The van der Waals surface area contributed by atoms with E-state index in [0.717, 1.165) is 11.3 Å². The number of amides is 1. The summed E-state index contributed by atoms with van der Waals surface area (Å²) in [5.74, 6) is 1.76. The molecule has 14 heteroatoms. The molecule has 12 nitrogen and oxygen atoms in total. The Kier molecular flexibility index (Phi) is 7.89. The van der Waals surface area contributed by atoms with Crippen molar-refractivity contribution in [3.63, 3.8) is 0 Å². The van der Waals surface area contributed by atoms with Gasteiger partial charge in [0.25, 0.3) is 10.0 Å². The van der Waals surface area contributed by atoms with Crippen LogP contribution in [-0.4, -0.2) is 49.8 Å². The summed E-state index contributed by atoms with van der Waals surface area (Å²) in [6.45, 7) is 3.83. The van der Waals surface area contributed by atoms with E-state index >= 15 is 0 Å². The molecule has 1 amide bonds. The van der Waals surface area contributed by atoms with E-state index in [0.29, 0.717) is 34.7 Å². The van der Waals surface area contributed by atoms with Crippen LogP contribution >= 0.6 is 11.8 Å². The Balaban J connectivity index is 1.24. The van der Waals surface area contributed by atoms with Crippen molar-refractivity contribution in [2.75, 3.05) is 15.8 Å². The van der Waals surface area contributed by atoms with E-state index in [1.807, 2.05) is 22.8 Å². The second-order valence-electron chi connectivity index (χ2n) is 8.62. The first-order valence-corrected chi connectivity index (χ1v) is 14.5. The fraction of sp³-hybridized carbons (Fsp3) is 0.154. The lowest BCUT2D eigenvalue weighted by molar-refractivity contribution is -0.113. The van der Waals surface area contributed by atoms with Gasteiger partial charge in [0.2, 0.25) is 5.91 Å². The molecule has 0 saturated carbocycles. The highest BCUT2D eigenvalue weighted by Gasteiger charge is 2.18. The minimum Gasteiger partial charge on any atom is -0.467 e. The summed E-state index contributed by atoms with van der Waals surface area (Å²) in [5, 5.41) is 11.9. The minimum absolute atomic E-state index is 0.0310. The maximum atomic E-state index is 12.8. The normalized spacial score (nSPS) is 11.3. The van der Waals surface area contributed by atoms with Crippen molar-refractivity contribution in [2.45, 2.75) is 30.4 Å². The van der Waals surface area contributed by atoms with Gasteiger partial charge in [0.05, 0.1) is 23.5 Å². The number of aryl methyl sites for hydroxylation is 2. The molecule has 0 unspecified atom stereocenters. The molecule has 40 heavy (non-hydrogen) atoms. The summed E-state index contributed by atoms with van der Waals surface area (Å²) in [7, 11) is -3.87. The van der Waals surface area contributed by atoms with Gasteiger partial charge in [-0.2, -0.15) is 0 Å². The SMILES string of the molecule is Cc1cc(NS(=O)(=O)c2ccc(NC(=O)CSc3nnc(-c4ccncc4)n3Cc3ccco3)cc2)nc(C)n1. The number of furan rings is 1. The number of pyridine rings is 1. The van der Waals surface area contributed by atoms with Crippen molar-refractivity contribution in [3.05, 3.63) is 90.5 Å². The molecule has 0 aliphatic heterocycles. The van der Waals surface area contributed by atoms with Crippen LogP contribution in [0.15, 0.2) is 87.7 Å². The van der Waals surface area contributed by atoms with Gasteiger partial charge in [-0.25, -0.2) is 18.4 Å². The van der Waals surface area contributed by atoms with E-state index in [4.69, 9.17) is 4.42 Å². The summed E-state index contributed by atoms with van der Waals surface area (Å²) < 4.78 is 35.4. The molecule has 0 radical (unpaired) electrons. The first-order chi connectivity index (χ1) is 19.3. The fourth-order valence-electron chi connectivity index (χ4n) is 3.82. The molecular formula is C26H24N8O4S2. The van der Waals surface area contributed by atoms with Crippen LogP contribution in [0, 0.1) is 13.8 Å². The Morgan fingerprint density at radius 3 is 2.50 bits per heavy atom. The van der Waals surface area contributed by atoms with Gasteiger partial charge in [-0.05, 0) is 62.4 Å². The van der Waals surface area contributed by atoms with E-state index in [1.54, 1.807) is 44.6 Å². The molecule has 204 valence electrons. The largest absolute Gasteiger partial charge is 0.467 e. The molecule has 0 aliphatic carbocycles. The zero-order valence-corrected chi connectivity index (χ0v) is 23.1. The highest BCUT2D eigenvalue weighted by Crippen LogP contribution is 2.25. The monoisotopic (exact) mass is 576 g/mol. The number of sulfonamides is 1. The van der Waals surface area contributed by atoms with Gasteiger partial charge in [0.1, 0.15) is 17.4 Å². The van der Waals surface area contributed by atoms with Crippen LogP contribution < -0.4 is 10.0 Å². The van der Waals surface area contributed by atoms with Crippen molar-refractivity contribution in [2.24, 2.45) is 0 Å². The zero-order chi connectivity index (χ0) is 28.1. The van der Waals surface area contributed by atoms with Crippen molar-refractivity contribution in [1.82, 2.24) is 29.7 Å². The number of thioether (sulfide) groups is 1. The maximum absolute atomic E-state index is 12.8. The smallest absolute Gasteiger partial charge is 0.263 e. The second kappa shape index (κ2) is 11.7. The number of anilines is 2. The van der Waals surface area contributed by atoms with Gasteiger partial charge in [0, 0.05) is 35.4 Å². The third-order valence-electron chi connectivity index (χ3n) is 5.54. The first kappa shape index (κ1) is 27.0. The number of aromatic nitrogens is 6. The third kappa shape index (κ3) is 6.52. The molecular weight excluding hydrogens is 552 g/mol. The molecule has 0 fully saturated rings. The van der Waals surface area contributed by atoms with Crippen LogP contribution in [0.4, 0.5) is 11.5 Å². The first-order valence-electron chi connectivity index (χ1n) is 12.0. The summed E-state index contributed by atoms with van der Waals surface area (Å²) in [6.07, 6.45) is 4.94. The molecule has 4 heterocycles. The van der Waals surface area contributed by atoms with E-state index in [1.165, 1.54) is 36.0 Å². The van der Waals surface area contributed by atoms with Crippen LogP contribution in [0.5, 0.6) is 0 Å². The lowest BCUT2D eigenvalue weighted by Crippen LogP contribution is -2.16. The highest BCUT2D eigenvalue weighted by atomic mass is 32.2. The summed E-state index contributed by atoms with van der Waals surface area (Å²) in [4.78, 5) is 25.1. The number of benzene rings is 1. The van der Waals surface area contributed by atoms with Gasteiger partial charge in [0.15, 0.2) is 11.0 Å². The Morgan fingerprint density at radius 2 is 1.80 bits per heavy atom. The average molecular weight is 577 g/mol. The highest BCUT2D eigenvalue weighted by molar-refractivity contribution is 7.99. The average Bonchev–Trinajstić information content (AvgIpc) is 3.58. The standard InChI is InChI=1S/C26H24N8O4S2/c1-17-14-23(29-18(2)28-17)33-40(36,37)22-7-5-20(6-8-22)30-24(35)16-39-26-32-31-25(19-9-11-27-12-10-19)34(26)15-21-4-3-13-38-21/h3-14H,15-16H2,1-2H3,(H,30,35)(H,28,29,33). The van der Waals surface area contributed by atoms with E-state index in [2.05, 4.69) is 35.2 Å². The topological polar surface area (TPSA) is 158 Å². The third-order valence-corrected chi connectivity index (χ3v) is 7.87. The Morgan fingerprint density at radius 1 is 1.02 bits per heavy atom. The van der Waals surface area contributed by atoms with Gasteiger partial charge < -0.3 is 9.73 Å². The number of nitrogens with zero attached hydrogens (tertiary/aromatic N) is 6. The van der Waals surface area contributed by atoms with Gasteiger partial charge in [-0.1, -0.05) is 11.8 Å². The van der Waals surface area contributed by atoms with Crippen LogP contribution in [0.3, 0.4) is 0 Å². The van der Waals surface area contributed by atoms with Crippen LogP contribution in [-0.2, 0) is 21.4 Å². The molecule has 0 bridgehead atoms. The number of carbonyl (C=O) groups is 1. The van der Waals surface area contributed by atoms with Crippen LogP contribution in [0.1, 0.15) is 17.3 Å². The number of carbonyl (C=O) groups excluding carboxylic acids is 1. The molecule has 0 aliphatic rings. The molecule has 4 aromatic heterocycles. The molecule has 0 saturated heterocycles. The molecule has 5 rings (SSSR count). The van der Waals surface area contributed by atoms with E-state index < -0.39 is 10.0 Å². The fourth-order valence-corrected chi connectivity index (χ4v) is 5.55. The Hall–Kier alpha value is -4.56. The molecule has 0 spiro atoms. The lowest BCUT2D eigenvalue weighted by Gasteiger charge is -2.10. The van der Waals surface area contributed by atoms with E-state index in [-0.39, 0.29) is 22.4 Å². The Labute approximate surface area is 234 Å². The second-order valence-corrected chi connectivity index (χ2v) is 11.2. The molecule has 5 aromatic rings. The zero-order valence-electron chi connectivity index (χ0n) is 21.5. The number of hydrogen-bond donors (Lipinski definition) is 2. The van der Waals surface area contributed by atoms with Gasteiger partial charge in [-0.15, -0.1) is 10.2 Å². The van der Waals surface area contributed by atoms with Crippen LogP contribution in [0.2, 0.25) is 0 Å². The number of nitrogens with one attached hydrogen (secondary N) is 2. The molecule has 1 aromatic carbocycles. The van der Waals surface area contributed by atoms with Crippen molar-refractivity contribution < 1.29 is 17.6 Å². The van der Waals surface area contributed by atoms with Crippen molar-refractivity contribution in [3.8, 4) is 11.4 Å². The predicted molar refractivity (Wildman–Crippen MR) is 149 cm³/mol. The Bertz CT molecular complexity index is 1700. The summed E-state index contributed by atoms with van der Waals surface area (Å²) in [6, 6.07) is 14.7. The predicted octanol–water partition coefficient (Wildman–Crippen LogP) is 3.92. The minimum atomic E-state index is -3.87. The van der Waals surface area contributed by atoms with Gasteiger partial charge >= 0.3 is 0 Å². The number of hydrogen-bond acceptors (Lipinski definition) is 10. The molecule has 0 atom stereocenters. The van der Waals surface area contributed by atoms with Crippen molar-refractivity contribution in [1.29, 1.82) is 0 Å². The van der Waals surface area contributed by atoms with Crippen LogP contribution in [0.25, 0.3) is 11.4 Å². The number of rotatable bonds is 10. The lowest BCUT2D eigenvalue weighted by atomic mass is 10.2. The molecule has 2 N–H and O–H groups in total. The van der Waals surface area contributed by atoms with Gasteiger partial charge in [-0.3, -0.25) is 19.1 Å². The summed E-state index contributed by atoms with van der Waals surface area (Å²) >= 11 is 1.22.